The van der Waals surface area contributed by atoms with Crippen LogP contribution in [0, 0.1) is 0 Å². The van der Waals surface area contributed by atoms with E-state index < -0.39 is 19.7 Å². The molecule has 0 aliphatic heterocycles. The molecule has 16 heavy (non-hydrogen) atoms. The minimum atomic E-state index is -4.20. The van der Waals surface area contributed by atoms with Gasteiger partial charge in [-0.3, -0.25) is 9.36 Å². The van der Waals surface area contributed by atoms with Gasteiger partial charge in [0.25, 0.3) is 0 Å². The van der Waals surface area contributed by atoms with Gasteiger partial charge in [-0.25, -0.2) is 0 Å². The Morgan fingerprint density at radius 1 is 1.12 bits per heavy atom. The second kappa shape index (κ2) is 8.74. The molecule has 0 heterocycles. The number of hydrogen-bond donors (Lipinski definition) is 3. The second-order valence-corrected chi connectivity index (χ2v) is 5.59. The van der Waals surface area contributed by atoms with Gasteiger partial charge in [-0.05, 0) is 6.42 Å². The summed E-state index contributed by atoms with van der Waals surface area (Å²) in [5.41, 5.74) is 0. The predicted molar refractivity (Wildman–Crippen MR) is 63.3 cm³/mol. The maximum Gasteiger partial charge on any atom is 0.334 e. The van der Waals surface area contributed by atoms with E-state index in [-0.39, 0.29) is 0 Å². The molecule has 96 valence electrons. The van der Waals surface area contributed by atoms with Crippen molar-refractivity contribution in [1.29, 1.82) is 0 Å². The van der Waals surface area contributed by atoms with Crippen LogP contribution in [0.1, 0.15) is 45.4 Å². The third-order valence-corrected chi connectivity index (χ3v) is 2.90. The first-order chi connectivity index (χ1) is 7.45. The molecule has 0 aliphatic carbocycles. The Bertz CT molecular complexity index is 239. The molecule has 1 amide bonds. The fourth-order valence-electron chi connectivity index (χ4n) is 1.38. The van der Waals surface area contributed by atoms with Crippen LogP contribution in [-0.4, -0.2) is 28.4 Å². The van der Waals surface area contributed by atoms with E-state index in [1.54, 1.807) is 0 Å². The Morgan fingerprint density at radius 2 is 1.69 bits per heavy atom. The molecular formula is C10H22NO4P. The van der Waals surface area contributed by atoms with Crippen molar-refractivity contribution in [3.63, 3.8) is 0 Å². The number of hydrogen-bond acceptors (Lipinski definition) is 2. The molecule has 0 atom stereocenters. The summed E-state index contributed by atoms with van der Waals surface area (Å²) >= 11 is 0. The van der Waals surface area contributed by atoms with Crippen molar-refractivity contribution in [2.75, 3.05) is 12.7 Å². The molecule has 6 heteroatoms. The molecule has 0 spiro atoms. The van der Waals surface area contributed by atoms with Crippen LogP contribution in [0.2, 0.25) is 0 Å². The standard InChI is InChI=1S/C10H22NO4P/c1-2-3-4-5-6-7-8-11-10(12)9-16(13,14)15/h2-9H2,1H3,(H,11,12)(H2,13,14,15). The highest BCUT2D eigenvalue weighted by molar-refractivity contribution is 7.52. The van der Waals surface area contributed by atoms with Gasteiger partial charge in [0.15, 0.2) is 0 Å². The molecule has 0 aromatic heterocycles. The van der Waals surface area contributed by atoms with E-state index in [1.165, 1.54) is 19.3 Å². The summed E-state index contributed by atoms with van der Waals surface area (Å²) < 4.78 is 10.5. The fraction of sp³-hybridized carbons (Fsp3) is 0.900. The molecular weight excluding hydrogens is 229 g/mol. The lowest BCUT2D eigenvalue weighted by Crippen LogP contribution is -2.27. The Hall–Kier alpha value is -0.380. The predicted octanol–water partition coefficient (Wildman–Crippen LogP) is 1.64. The molecule has 3 N–H and O–H groups in total. The number of rotatable bonds is 9. The first kappa shape index (κ1) is 15.6. The van der Waals surface area contributed by atoms with Crippen molar-refractivity contribution >= 4 is 13.5 Å². The Labute approximate surface area is 96.8 Å². The zero-order valence-corrected chi connectivity index (χ0v) is 10.7. The van der Waals surface area contributed by atoms with Crippen LogP contribution in [0.4, 0.5) is 0 Å². The quantitative estimate of drug-likeness (QED) is 0.429. The summed E-state index contributed by atoms with van der Waals surface area (Å²) in [5.74, 6) is -0.568. The van der Waals surface area contributed by atoms with Gasteiger partial charge in [0.1, 0.15) is 6.16 Å². The SMILES string of the molecule is CCCCCCCCNC(=O)CP(=O)(O)O. The van der Waals surface area contributed by atoms with Crippen LogP contribution in [0.15, 0.2) is 0 Å². The van der Waals surface area contributed by atoms with Crippen LogP contribution in [0.5, 0.6) is 0 Å². The second-order valence-electron chi connectivity index (χ2n) is 3.94. The van der Waals surface area contributed by atoms with Gasteiger partial charge in [-0.1, -0.05) is 39.0 Å². The summed E-state index contributed by atoms with van der Waals surface area (Å²) in [6, 6.07) is 0. The maximum atomic E-state index is 11.0. The van der Waals surface area contributed by atoms with E-state index in [9.17, 15) is 9.36 Å². The molecule has 0 aromatic rings. The number of nitrogens with one attached hydrogen (secondary N) is 1. The van der Waals surface area contributed by atoms with Gasteiger partial charge >= 0.3 is 7.60 Å². The summed E-state index contributed by atoms with van der Waals surface area (Å²) in [7, 11) is -4.20. The molecule has 0 saturated heterocycles. The summed E-state index contributed by atoms with van der Waals surface area (Å²) in [6.45, 7) is 2.66. The number of amides is 1. The van der Waals surface area contributed by atoms with E-state index in [0.717, 1.165) is 19.3 Å². The molecule has 0 aliphatic rings. The lowest BCUT2D eigenvalue weighted by atomic mass is 10.1. The van der Waals surface area contributed by atoms with Crippen LogP contribution in [0.25, 0.3) is 0 Å². The smallest absolute Gasteiger partial charge is 0.334 e. The van der Waals surface area contributed by atoms with Gasteiger partial charge in [-0.2, -0.15) is 0 Å². The number of carbonyl (C=O) groups excluding carboxylic acids is 1. The molecule has 5 nitrogen and oxygen atoms in total. The first-order valence-corrected chi connectivity index (χ1v) is 7.56. The first-order valence-electron chi connectivity index (χ1n) is 5.77. The van der Waals surface area contributed by atoms with Gasteiger partial charge in [0.05, 0.1) is 0 Å². The topological polar surface area (TPSA) is 86.6 Å². The van der Waals surface area contributed by atoms with E-state index in [1.807, 2.05) is 0 Å². The van der Waals surface area contributed by atoms with Crippen molar-refractivity contribution < 1.29 is 19.1 Å². The largest absolute Gasteiger partial charge is 0.356 e. The highest BCUT2D eigenvalue weighted by Crippen LogP contribution is 2.33. The number of unbranched alkanes of at least 4 members (excludes halogenated alkanes) is 5. The molecule has 0 rings (SSSR count). The van der Waals surface area contributed by atoms with Gasteiger partial charge < -0.3 is 15.1 Å². The van der Waals surface area contributed by atoms with Crippen LogP contribution >= 0.6 is 7.60 Å². The minimum Gasteiger partial charge on any atom is -0.356 e. The van der Waals surface area contributed by atoms with Crippen molar-refractivity contribution in [2.45, 2.75) is 45.4 Å². The molecule has 0 aromatic carbocycles. The Kier molecular flexibility index (Phi) is 8.53. The van der Waals surface area contributed by atoms with Crippen LogP contribution < -0.4 is 5.32 Å². The minimum absolute atomic E-state index is 0.505. The molecule has 0 fully saturated rings. The van der Waals surface area contributed by atoms with Gasteiger partial charge in [0, 0.05) is 6.54 Å². The lowest BCUT2D eigenvalue weighted by Gasteiger charge is -2.06. The van der Waals surface area contributed by atoms with Crippen LogP contribution in [-0.2, 0) is 9.36 Å². The number of carbonyl (C=O) groups is 1. The molecule has 0 saturated carbocycles. The average molecular weight is 251 g/mol. The molecule has 0 radical (unpaired) electrons. The van der Waals surface area contributed by atoms with Gasteiger partial charge in [0.2, 0.25) is 5.91 Å². The van der Waals surface area contributed by atoms with E-state index in [0.29, 0.717) is 6.54 Å². The zero-order chi connectivity index (χ0) is 12.4. The van der Waals surface area contributed by atoms with Crippen molar-refractivity contribution in [3.05, 3.63) is 0 Å². The highest BCUT2D eigenvalue weighted by atomic mass is 31.2. The maximum absolute atomic E-state index is 11.0. The Morgan fingerprint density at radius 3 is 2.25 bits per heavy atom. The fourth-order valence-corrected chi connectivity index (χ4v) is 1.86. The molecule has 0 bridgehead atoms. The van der Waals surface area contributed by atoms with E-state index >= 15 is 0 Å². The van der Waals surface area contributed by atoms with Crippen molar-refractivity contribution in [1.82, 2.24) is 5.32 Å². The van der Waals surface area contributed by atoms with Gasteiger partial charge in [-0.15, -0.1) is 0 Å². The van der Waals surface area contributed by atoms with E-state index in [4.69, 9.17) is 9.79 Å². The van der Waals surface area contributed by atoms with Crippen molar-refractivity contribution in [3.8, 4) is 0 Å². The summed E-state index contributed by atoms with van der Waals surface area (Å²) in [4.78, 5) is 28.1. The van der Waals surface area contributed by atoms with E-state index in [2.05, 4.69) is 12.2 Å². The lowest BCUT2D eigenvalue weighted by molar-refractivity contribution is -0.118. The average Bonchev–Trinajstić information content (AvgIpc) is 2.13. The monoisotopic (exact) mass is 251 g/mol. The Balaban J connectivity index is 3.32. The normalized spacial score (nSPS) is 11.4. The van der Waals surface area contributed by atoms with Crippen LogP contribution in [0.3, 0.4) is 0 Å². The summed E-state index contributed by atoms with van der Waals surface area (Å²) in [6.07, 6.45) is 6.04. The molecule has 0 unspecified atom stereocenters. The zero-order valence-electron chi connectivity index (χ0n) is 9.81. The highest BCUT2D eigenvalue weighted by Gasteiger charge is 2.18. The third kappa shape index (κ3) is 11.7. The summed E-state index contributed by atoms with van der Waals surface area (Å²) in [5, 5.41) is 2.50. The third-order valence-electron chi connectivity index (χ3n) is 2.20. The van der Waals surface area contributed by atoms with Crippen molar-refractivity contribution in [2.24, 2.45) is 0 Å².